The summed E-state index contributed by atoms with van der Waals surface area (Å²) in [6.45, 7) is 4.69. The molecule has 31 heavy (non-hydrogen) atoms. The molecule has 0 spiro atoms. The number of methoxy groups -OCH3 is 1. The number of benzene rings is 2. The molecule has 1 saturated heterocycles. The molecule has 1 fully saturated rings. The number of amides is 1. The van der Waals surface area contributed by atoms with Gasteiger partial charge in [0.15, 0.2) is 0 Å². The minimum atomic E-state index is -0.430. The molecule has 1 aliphatic rings. The highest BCUT2D eigenvalue weighted by Gasteiger charge is 2.18. The quantitative estimate of drug-likeness (QED) is 0.449. The van der Waals surface area contributed by atoms with E-state index < -0.39 is 4.92 Å². The van der Waals surface area contributed by atoms with Crippen molar-refractivity contribution in [2.45, 2.75) is 16.2 Å². The largest absolute Gasteiger partial charge is 0.497 e. The van der Waals surface area contributed by atoms with Crippen LogP contribution >= 0.6 is 11.8 Å². The van der Waals surface area contributed by atoms with Gasteiger partial charge < -0.3 is 14.5 Å². The molecule has 10 heteroatoms. The summed E-state index contributed by atoms with van der Waals surface area (Å²) in [5, 5.41) is 11.5. The first-order valence-electron chi connectivity index (χ1n) is 10.0. The molecule has 0 radical (unpaired) electrons. The Labute approximate surface area is 185 Å². The summed E-state index contributed by atoms with van der Waals surface area (Å²) in [7, 11) is 3.57. The number of rotatable bonds is 9. The van der Waals surface area contributed by atoms with Crippen LogP contribution in [0.2, 0.25) is 0 Å². The fraction of sp³-hybridized carbons (Fsp3) is 0.381. The van der Waals surface area contributed by atoms with Crippen LogP contribution in [0, 0.1) is 10.1 Å². The monoisotopic (exact) mass is 445 g/mol. The Balaban J connectivity index is 1.59. The molecule has 0 aromatic heterocycles. The molecule has 1 aliphatic heterocycles. The Morgan fingerprint density at radius 2 is 1.90 bits per heavy atom. The van der Waals surface area contributed by atoms with E-state index in [1.165, 1.54) is 24.9 Å². The van der Waals surface area contributed by atoms with Gasteiger partial charge in [0, 0.05) is 44.0 Å². The van der Waals surface area contributed by atoms with E-state index in [9.17, 15) is 14.9 Å². The van der Waals surface area contributed by atoms with E-state index in [1.54, 1.807) is 12.1 Å². The molecular formula is C21H27N5O4S. The second-order valence-corrected chi connectivity index (χ2v) is 8.34. The van der Waals surface area contributed by atoms with Gasteiger partial charge in [-0.2, -0.15) is 0 Å². The van der Waals surface area contributed by atoms with Crippen LogP contribution in [0.4, 0.5) is 11.4 Å². The Morgan fingerprint density at radius 1 is 1.16 bits per heavy atom. The number of para-hydroxylation sites is 1. The summed E-state index contributed by atoms with van der Waals surface area (Å²) in [5.74, 6) is 0.323. The highest BCUT2D eigenvalue weighted by molar-refractivity contribution is 7.99. The van der Waals surface area contributed by atoms with E-state index in [1.807, 2.05) is 24.3 Å². The van der Waals surface area contributed by atoms with Crippen molar-refractivity contribution in [2.24, 2.45) is 0 Å². The van der Waals surface area contributed by atoms with Crippen molar-refractivity contribution in [3.8, 4) is 5.75 Å². The van der Waals surface area contributed by atoms with Crippen molar-refractivity contribution in [3.63, 3.8) is 0 Å². The van der Waals surface area contributed by atoms with Gasteiger partial charge in [0.05, 0.1) is 28.7 Å². The van der Waals surface area contributed by atoms with Crippen molar-refractivity contribution < 1.29 is 14.5 Å². The highest BCUT2D eigenvalue weighted by atomic mass is 32.2. The van der Waals surface area contributed by atoms with Gasteiger partial charge >= 0.3 is 0 Å². The third-order valence-electron chi connectivity index (χ3n) is 5.06. The van der Waals surface area contributed by atoms with Gasteiger partial charge in [0.2, 0.25) is 5.91 Å². The average Bonchev–Trinajstić information content (AvgIpc) is 2.78. The van der Waals surface area contributed by atoms with E-state index in [0.717, 1.165) is 37.6 Å². The first kappa shape index (κ1) is 22.9. The van der Waals surface area contributed by atoms with Gasteiger partial charge in [-0.05, 0) is 31.3 Å². The number of nitrogens with zero attached hydrogens (tertiary/aromatic N) is 3. The van der Waals surface area contributed by atoms with E-state index in [2.05, 4.69) is 27.7 Å². The van der Waals surface area contributed by atoms with E-state index in [4.69, 9.17) is 4.74 Å². The summed E-state index contributed by atoms with van der Waals surface area (Å²) in [4.78, 5) is 29.1. The molecule has 0 saturated carbocycles. The lowest BCUT2D eigenvalue weighted by atomic mass is 10.3. The molecule has 9 nitrogen and oxygen atoms in total. The first-order valence-corrected chi connectivity index (χ1v) is 10.8. The molecule has 2 N–H and O–H groups in total. The number of piperazine rings is 1. The van der Waals surface area contributed by atoms with Crippen molar-refractivity contribution >= 4 is 29.0 Å². The number of hydrogen-bond donors (Lipinski definition) is 2. The molecule has 2 aromatic carbocycles. The Bertz CT molecular complexity index is 918. The predicted octanol–water partition coefficient (Wildman–Crippen LogP) is 2.84. The molecule has 1 amide bonds. The summed E-state index contributed by atoms with van der Waals surface area (Å²) in [5.41, 5.74) is 6.33. The second-order valence-electron chi connectivity index (χ2n) is 7.26. The molecular weight excluding hydrogens is 418 g/mol. The Morgan fingerprint density at radius 3 is 2.61 bits per heavy atom. The molecule has 0 aliphatic carbocycles. The number of nitro groups is 1. The van der Waals surface area contributed by atoms with E-state index >= 15 is 0 Å². The van der Waals surface area contributed by atoms with Crippen LogP contribution in [0.25, 0.3) is 0 Å². The third-order valence-corrected chi connectivity index (χ3v) is 6.20. The van der Waals surface area contributed by atoms with Gasteiger partial charge in [-0.3, -0.25) is 25.8 Å². The zero-order valence-corrected chi connectivity index (χ0v) is 18.5. The zero-order chi connectivity index (χ0) is 22.2. The number of likely N-dealkylation sites (N-methyl/N-ethyl adjacent to an activating group) is 1. The van der Waals surface area contributed by atoms with Crippen LogP contribution in [-0.4, -0.2) is 67.5 Å². The van der Waals surface area contributed by atoms with Crippen LogP contribution in [0.1, 0.15) is 6.42 Å². The number of carbonyl (C=O) groups excluding carboxylic acids is 1. The minimum absolute atomic E-state index is 0.0321. The standard InChI is InChI=1S/C21H27N5O4S/c1-24-11-13-25(14-12-24)10-9-21(27)23-22-17-5-3-4-6-19(17)31-20-8-7-16(30-2)15-18(20)26(28)29/h3-8,15,22H,9-14H2,1-2H3,(H,23,27). The summed E-state index contributed by atoms with van der Waals surface area (Å²) < 4.78 is 5.09. The van der Waals surface area contributed by atoms with Gasteiger partial charge in [-0.15, -0.1) is 0 Å². The number of nitro benzene ring substituents is 1. The number of carbonyl (C=O) groups is 1. The number of anilines is 1. The van der Waals surface area contributed by atoms with Crippen molar-refractivity contribution in [2.75, 3.05) is 52.3 Å². The number of nitrogens with one attached hydrogen (secondary N) is 2. The molecule has 0 bridgehead atoms. The molecule has 1 heterocycles. The maximum Gasteiger partial charge on any atom is 0.286 e. The van der Waals surface area contributed by atoms with Crippen LogP contribution < -0.4 is 15.6 Å². The maximum atomic E-state index is 12.3. The summed E-state index contributed by atoms with van der Waals surface area (Å²) >= 11 is 1.25. The number of hydrogen-bond acceptors (Lipinski definition) is 8. The molecule has 0 unspecified atom stereocenters. The topological polar surface area (TPSA) is 100.0 Å². The fourth-order valence-corrected chi connectivity index (χ4v) is 4.15. The minimum Gasteiger partial charge on any atom is -0.497 e. The van der Waals surface area contributed by atoms with Crippen LogP contribution in [-0.2, 0) is 4.79 Å². The van der Waals surface area contributed by atoms with Gasteiger partial charge in [0.25, 0.3) is 5.69 Å². The fourth-order valence-electron chi connectivity index (χ4n) is 3.16. The SMILES string of the molecule is COc1ccc(Sc2ccccc2NNC(=O)CCN2CCN(C)CC2)c([N+](=O)[O-])c1. The normalized spacial score (nSPS) is 14.8. The van der Waals surface area contributed by atoms with Crippen LogP contribution in [0.15, 0.2) is 52.3 Å². The average molecular weight is 446 g/mol. The summed E-state index contributed by atoms with van der Waals surface area (Å²) in [6, 6.07) is 12.1. The maximum absolute atomic E-state index is 12.3. The van der Waals surface area contributed by atoms with Gasteiger partial charge in [0.1, 0.15) is 5.75 Å². The molecule has 0 atom stereocenters. The van der Waals surface area contributed by atoms with Crippen molar-refractivity contribution in [3.05, 3.63) is 52.6 Å². The van der Waals surface area contributed by atoms with Gasteiger partial charge in [-0.25, -0.2) is 0 Å². The van der Waals surface area contributed by atoms with E-state index in [0.29, 0.717) is 22.8 Å². The molecule has 3 rings (SSSR count). The van der Waals surface area contributed by atoms with Gasteiger partial charge in [-0.1, -0.05) is 23.9 Å². The highest BCUT2D eigenvalue weighted by Crippen LogP contribution is 2.39. The van der Waals surface area contributed by atoms with Crippen LogP contribution in [0.5, 0.6) is 5.75 Å². The predicted molar refractivity (Wildman–Crippen MR) is 121 cm³/mol. The number of ether oxygens (including phenoxy) is 1. The lowest BCUT2D eigenvalue weighted by molar-refractivity contribution is -0.387. The smallest absolute Gasteiger partial charge is 0.286 e. The summed E-state index contributed by atoms with van der Waals surface area (Å²) in [6.07, 6.45) is 0.399. The van der Waals surface area contributed by atoms with Crippen molar-refractivity contribution in [1.82, 2.24) is 15.2 Å². The number of hydrazine groups is 1. The third kappa shape index (κ3) is 6.58. The lowest BCUT2D eigenvalue weighted by Gasteiger charge is -2.32. The molecule has 166 valence electrons. The first-order chi connectivity index (χ1) is 15.0. The van der Waals surface area contributed by atoms with E-state index in [-0.39, 0.29) is 11.6 Å². The Hall–Kier alpha value is -2.82. The van der Waals surface area contributed by atoms with Crippen LogP contribution in [0.3, 0.4) is 0 Å². The molecule has 2 aromatic rings. The Kier molecular flexibility index (Phi) is 8.10. The lowest BCUT2D eigenvalue weighted by Crippen LogP contribution is -2.45. The zero-order valence-electron chi connectivity index (χ0n) is 17.7. The second kappa shape index (κ2) is 11.0. The van der Waals surface area contributed by atoms with Crippen molar-refractivity contribution in [1.29, 1.82) is 0 Å².